The Morgan fingerprint density at radius 3 is 2.23 bits per heavy atom. The van der Waals surface area contributed by atoms with Gasteiger partial charge in [0.15, 0.2) is 0 Å². The van der Waals surface area contributed by atoms with E-state index < -0.39 is 0 Å². The Morgan fingerprint density at radius 2 is 2.00 bits per heavy atom. The van der Waals surface area contributed by atoms with E-state index >= 15 is 0 Å². The summed E-state index contributed by atoms with van der Waals surface area (Å²) >= 11 is 0. The van der Waals surface area contributed by atoms with Crippen LogP contribution in [0.5, 0.6) is 0 Å². The maximum absolute atomic E-state index is 8.61. The Kier molecular flexibility index (Phi) is 4.83. The highest BCUT2D eigenvalue weighted by Crippen LogP contribution is 2.10. The molecule has 1 rings (SSSR count). The van der Waals surface area contributed by atoms with E-state index in [0.29, 0.717) is 11.6 Å². The maximum Gasteiger partial charge on any atom is 0.103 e. The molecule has 0 aliphatic rings. The van der Waals surface area contributed by atoms with Gasteiger partial charge in [0.2, 0.25) is 0 Å². The van der Waals surface area contributed by atoms with Gasteiger partial charge in [-0.15, -0.1) is 0 Å². The predicted molar refractivity (Wildman–Crippen MR) is 53.4 cm³/mol. The Labute approximate surface area is 80.0 Å². The third-order valence-corrected chi connectivity index (χ3v) is 1.65. The van der Waals surface area contributed by atoms with E-state index in [4.69, 9.17) is 5.26 Å². The molecule has 0 aliphatic carbocycles. The van der Waals surface area contributed by atoms with E-state index in [9.17, 15) is 0 Å². The molecule has 3 nitrogen and oxygen atoms in total. The number of aromatic nitrogens is 2. The first-order chi connectivity index (χ1) is 6.16. The summed E-state index contributed by atoms with van der Waals surface area (Å²) in [4.78, 5) is 0. The number of nitrogens with zero attached hydrogens (tertiary/aromatic N) is 3. The van der Waals surface area contributed by atoms with E-state index in [2.05, 4.69) is 11.2 Å². The third kappa shape index (κ3) is 2.59. The Morgan fingerprint density at radius 1 is 1.46 bits per heavy atom. The van der Waals surface area contributed by atoms with Crippen molar-refractivity contribution >= 4 is 0 Å². The second kappa shape index (κ2) is 5.36. The Bertz CT molecular complexity index is 292. The molecule has 0 saturated heterocycles. The summed E-state index contributed by atoms with van der Waals surface area (Å²) in [7, 11) is 0. The maximum atomic E-state index is 8.61. The van der Waals surface area contributed by atoms with Crippen LogP contribution in [0.4, 0.5) is 0 Å². The minimum Gasteiger partial charge on any atom is -0.266 e. The van der Waals surface area contributed by atoms with Crippen LogP contribution < -0.4 is 0 Å². The quantitative estimate of drug-likeness (QED) is 0.665. The zero-order chi connectivity index (χ0) is 10.4. The SMILES string of the molecule is CC.Cc1c(C#N)cnn1C(C)C. The molecule has 0 spiro atoms. The zero-order valence-electron chi connectivity index (χ0n) is 9.00. The topological polar surface area (TPSA) is 41.6 Å². The summed E-state index contributed by atoms with van der Waals surface area (Å²) in [5.74, 6) is 0. The minimum atomic E-state index is 0.331. The van der Waals surface area contributed by atoms with Crippen LogP contribution in [0.1, 0.15) is 45.0 Å². The number of hydrogen-bond donors (Lipinski definition) is 0. The normalized spacial score (nSPS) is 9.00. The molecule has 1 aromatic heterocycles. The highest BCUT2D eigenvalue weighted by Gasteiger charge is 2.06. The molecule has 3 heteroatoms. The molecule has 13 heavy (non-hydrogen) atoms. The standard InChI is InChI=1S/C8H11N3.C2H6/c1-6(2)11-7(3)8(4-9)5-10-11;1-2/h5-6H,1-3H3;1-2H3. The van der Waals surface area contributed by atoms with Gasteiger partial charge >= 0.3 is 0 Å². The molecule has 0 atom stereocenters. The third-order valence-electron chi connectivity index (χ3n) is 1.65. The average molecular weight is 179 g/mol. The van der Waals surface area contributed by atoms with Gasteiger partial charge in [-0.2, -0.15) is 10.4 Å². The van der Waals surface area contributed by atoms with Crippen molar-refractivity contribution in [1.29, 1.82) is 5.26 Å². The van der Waals surface area contributed by atoms with E-state index in [-0.39, 0.29) is 0 Å². The molecule has 0 bridgehead atoms. The van der Waals surface area contributed by atoms with Gasteiger partial charge in [-0.25, -0.2) is 0 Å². The van der Waals surface area contributed by atoms with Gasteiger partial charge in [-0.3, -0.25) is 4.68 Å². The zero-order valence-corrected chi connectivity index (χ0v) is 9.00. The molecule has 0 aromatic carbocycles. The molecule has 0 radical (unpaired) electrons. The summed E-state index contributed by atoms with van der Waals surface area (Å²) in [6, 6.07) is 2.42. The van der Waals surface area contributed by atoms with E-state index in [1.807, 2.05) is 39.3 Å². The van der Waals surface area contributed by atoms with Crippen LogP contribution in [0, 0.1) is 18.3 Å². The van der Waals surface area contributed by atoms with E-state index in [1.165, 1.54) is 0 Å². The molecular weight excluding hydrogens is 162 g/mol. The van der Waals surface area contributed by atoms with Gasteiger partial charge in [0, 0.05) is 6.04 Å². The van der Waals surface area contributed by atoms with Crippen molar-refractivity contribution in [3.05, 3.63) is 17.5 Å². The summed E-state index contributed by atoms with van der Waals surface area (Å²) in [6.45, 7) is 9.99. The lowest BCUT2D eigenvalue weighted by molar-refractivity contribution is 0.519. The fraction of sp³-hybridized carbons (Fsp3) is 0.600. The van der Waals surface area contributed by atoms with Gasteiger partial charge in [-0.05, 0) is 20.8 Å². The molecule has 0 unspecified atom stereocenters. The van der Waals surface area contributed by atoms with Gasteiger partial charge in [0.05, 0.1) is 17.5 Å². The number of rotatable bonds is 1. The molecule has 72 valence electrons. The van der Waals surface area contributed by atoms with Crippen LogP contribution >= 0.6 is 0 Å². The van der Waals surface area contributed by atoms with Crippen molar-refractivity contribution in [1.82, 2.24) is 9.78 Å². The minimum absolute atomic E-state index is 0.331. The van der Waals surface area contributed by atoms with Crippen molar-refractivity contribution in [2.45, 2.75) is 40.7 Å². The lowest BCUT2D eigenvalue weighted by Gasteiger charge is -2.06. The molecular formula is C10H17N3. The predicted octanol–water partition coefficient (Wildman–Crippen LogP) is 2.67. The molecule has 0 aliphatic heterocycles. The molecule has 0 amide bonds. The summed E-state index contributed by atoms with van der Waals surface area (Å²) in [5.41, 5.74) is 1.61. The summed E-state index contributed by atoms with van der Waals surface area (Å²) in [6.07, 6.45) is 1.61. The van der Waals surface area contributed by atoms with Crippen molar-refractivity contribution in [2.24, 2.45) is 0 Å². The van der Waals surface area contributed by atoms with Crippen molar-refractivity contribution in [2.75, 3.05) is 0 Å². The van der Waals surface area contributed by atoms with Crippen molar-refractivity contribution < 1.29 is 0 Å². The van der Waals surface area contributed by atoms with Gasteiger partial charge in [-0.1, -0.05) is 13.8 Å². The molecule has 1 heterocycles. The largest absolute Gasteiger partial charge is 0.266 e. The van der Waals surface area contributed by atoms with Crippen molar-refractivity contribution in [3.8, 4) is 6.07 Å². The first-order valence-electron chi connectivity index (χ1n) is 4.61. The fourth-order valence-electron chi connectivity index (χ4n) is 1.05. The van der Waals surface area contributed by atoms with Crippen LogP contribution in [0.2, 0.25) is 0 Å². The lowest BCUT2D eigenvalue weighted by atomic mass is 10.3. The number of hydrogen-bond acceptors (Lipinski definition) is 2. The first kappa shape index (κ1) is 11.7. The van der Waals surface area contributed by atoms with Crippen LogP contribution in [0.25, 0.3) is 0 Å². The van der Waals surface area contributed by atoms with E-state index in [1.54, 1.807) is 6.20 Å². The first-order valence-corrected chi connectivity index (χ1v) is 4.61. The fourth-order valence-corrected chi connectivity index (χ4v) is 1.05. The van der Waals surface area contributed by atoms with Crippen LogP contribution in [-0.4, -0.2) is 9.78 Å². The smallest absolute Gasteiger partial charge is 0.103 e. The summed E-state index contributed by atoms with van der Waals surface area (Å²) in [5, 5.41) is 12.7. The van der Waals surface area contributed by atoms with Gasteiger partial charge in [0.1, 0.15) is 6.07 Å². The Hall–Kier alpha value is -1.30. The highest BCUT2D eigenvalue weighted by atomic mass is 15.3. The van der Waals surface area contributed by atoms with Crippen LogP contribution in [0.3, 0.4) is 0 Å². The van der Waals surface area contributed by atoms with Gasteiger partial charge < -0.3 is 0 Å². The molecule has 0 saturated carbocycles. The number of nitriles is 1. The second-order valence-electron chi connectivity index (χ2n) is 2.79. The van der Waals surface area contributed by atoms with E-state index in [0.717, 1.165) is 5.69 Å². The molecule has 1 aromatic rings. The molecule has 0 N–H and O–H groups in total. The van der Waals surface area contributed by atoms with Gasteiger partial charge in [0.25, 0.3) is 0 Å². The second-order valence-corrected chi connectivity index (χ2v) is 2.79. The highest BCUT2D eigenvalue weighted by molar-refractivity contribution is 5.30. The summed E-state index contributed by atoms with van der Waals surface area (Å²) < 4.78 is 1.85. The Balaban J connectivity index is 0.000000671. The monoisotopic (exact) mass is 179 g/mol. The molecule has 0 fully saturated rings. The van der Waals surface area contributed by atoms with Crippen LogP contribution in [0.15, 0.2) is 6.20 Å². The lowest BCUT2D eigenvalue weighted by Crippen LogP contribution is -2.04. The van der Waals surface area contributed by atoms with Crippen LogP contribution in [-0.2, 0) is 0 Å². The van der Waals surface area contributed by atoms with Crippen molar-refractivity contribution in [3.63, 3.8) is 0 Å². The average Bonchev–Trinajstić information content (AvgIpc) is 2.50.